The van der Waals surface area contributed by atoms with E-state index in [9.17, 15) is 4.79 Å². The molecule has 0 aromatic heterocycles. The monoisotopic (exact) mass is 328 g/mol. The highest BCUT2D eigenvalue weighted by atomic mass is 32.2. The Morgan fingerprint density at radius 1 is 1.30 bits per heavy atom. The maximum Gasteiger partial charge on any atom is 0.226 e. The summed E-state index contributed by atoms with van der Waals surface area (Å²) in [6.45, 7) is 0. The molecule has 5 heteroatoms. The highest BCUT2D eigenvalue weighted by molar-refractivity contribution is 8.04. The number of nitriles is 1. The second-order valence-electron chi connectivity index (χ2n) is 7.29. The van der Waals surface area contributed by atoms with Gasteiger partial charge in [0.1, 0.15) is 11.2 Å². The number of hydrogen-bond acceptors (Lipinski definition) is 4. The fourth-order valence-corrected chi connectivity index (χ4v) is 5.28. The van der Waals surface area contributed by atoms with Crippen molar-refractivity contribution in [2.24, 2.45) is 5.41 Å². The van der Waals surface area contributed by atoms with Crippen molar-refractivity contribution >= 4 is 17.7 Å². The zero-order chi connectivity index (χ0) is 16.1. The van der Waals surface area contributed by atoms with Crippen molar-refractivity contribution in [1.82, 2.24) is 5.32 Å². The molecule has 23 heavy (non-hydrogen) atoms. The molecule has 0 saturated heterocycles. The topological polar surface area (TPSA) is 62.1 Å². The smallest absolute Gasteiger partial charge is 0.226 e. The third-order valence-corrected chi connectivity index (χ3v) is 6.69. The van der Waals surface area contributed by atoms with Gasteiger partial charge < -0.3 is 10.1 Å². The van der Waals surface area contributed by atoms with Crippen molar-refractivity contribution in [3.05, 3.63) is 29.8 Å². The summed E-state index contributed by atoms with van der Waals surface area (Å²) < 4.78 is 5.21. The van der Waals surface area contributed by atoms with Crippen LogP contribution >= 0.6 is 11.8 Å². The Balaban J connectivity index is 1.31. The first-order chi connectivity index (χ1) is 11.1. The van der Waals surface area contributed by atoms with Gasteiger partial charge in [0, 0.05) is 11.3 Å². The molecule has 4 aliphatic rings. The molecule has 0 atom stereocenters. The van der Waals surface area contributed by atoms with Crippen LogP contribution in [0.15, 0.2) is 24.3 Å². The fraction of sp³-hybridized carbons (Fsp3) is 0.556. The molecule has 4 saturated carbocycles. The van der Waals surface area contributed by atoms with E-state index in [1.165, 1.54) is 17.3 Å². The minimum absolute atomic E-state index is 0.118. The van der Waals surface area contributed by atoms with E-state index in [2.05, 4.69) is 22.9 Å². The number of methoxy groups -OCH3 is 1. The SMILES string of the molecule is COc1ccc(C23CC(C(=O)NC4CC(SC#N)C4)(C2)C3)cc1. The molecule has 0 aliphatic heterocycles. The van der Waals surface area contributed by atoms with Gasteiger partial charge in [0.15, 0.2) is 0 Å². The molecule has 0 spiro atoms. The summed E-state index contributed by atoms with van der Waals surface area (Å²) in [4.78, 5) is 12.5. The van der Waals surface area contributed by atoms with Crippen molar-refractivity contribution in [2.45, 2.75) is 48.8 Å². The molecule has 4 fully saturated rings. The fourth-order valence-electron chi connectivity index (χ4n) is 4.47. The lowest BCUT2D eigenvalue weighted by molar-refractivity contribution is -0.177. The number of carbonyl (C=O) groups excluding carboxylic acids is 1. The number of ether oxygens (including phenoxy) is 1. The molecule has 0 heterocycles. The third-order valence-electron chi connectivity index (χ3n) is 5.86. The highest BCUT2D eigenvalue weighted by Gasteiger charge is 2.71. The average molecular weight is 328 g/mol. The number of thioether (sulfide) groups is 1. The van der Waals surface area contributed by atoms with Gasteiger partial charge in [0.2, 0.25) is 5.91 Å². The molecule has 0 radical (unpaired) electrons. The number of thiocyanates is 1. The number of rotatable bonds is 5. The Morgan fingerprint density at radius 3 is 2.52 bits per heavy atom. The summed E-state index contributed by atoms with van der Waals surface area (Å²) in [7, 11) is 1.68. The predicted molar refractivity (Wildman–Crippen MR) is 89.1 cm³/mol. The van der Waals surface area contributed by atoms with Crippen LogP contribution < -0.4 is 10.1 Å². The van der Waals surface area contributed by atoms with Crippen molar-refractivity contribution in [3.63, 3.8) is 0 Å². The van der Waals surface area contributed by atoms with Crippen LogP contribution in [0.1, 0.15) is 37.7 Å². The first-order valence-corrected chi connectivity index (χ1v) is 8.97. The van der Waals surface area contributed by atoms with E-state index in [-0.39, 0.29) is 22.8 Å². The standard InChI is InChI=1S/C18H20N2O2S/c1-22-14-4-2-12(3-5-14)17-8-18(9-17,10-17)16(21)20-13-6-15(7-13)23-11-19/h2-5,13,15H,6-10H2,1H3,(H,20,21). The Bertz CT molecular complexity index is 653. The van der Waals surface area contributed by atoms with Crippen molar-refractivity contribution in [1.29, 1.82) is 5.26 Å². The molecule has 120 valence electrons. The maximum absolute atomic E-state index is 12.5. The molecule has 1 aromatic rings. The number of nitrogens with one attached hydrogen (secondary N) is 1. The van der Waals surface area contributed by atoms with Crippen LogP contribution in [0.25, 0.3) is 0 Å². The summed E-state index contributed by atoms with van der Waals surface area (Å²) in [6, 6.07) is 8.55. The highest BCUT2D eigenvalue weighted by Crippen LogP contribution is 2.73. The lowest BCUT2D eigenvalue weighted by atomic mass is 9.33. The van der Waals surface area contributed by atoms with Gasteiger partial charge in [0.25, 0.3) is 0 Å². The third kappa shape index (κ3) is 2.23. The second-order valence-corrected chi connectivity index (χ2v) is 8.38. The molecule has 5 rings (SSSR count). The van der Waals surface area contributed by atoms with Crippen LogP contribution in [0.3, 0.4) is 0 Å². The summed E-state index contributed by atoms with van der Waals surface area (Å²) in [5.41, 5.74) is 1.44. The molecule has 2 bridgehead atoms. The van der Waals surface area contributed by atoms with E-state index in [0.717, 1.165) is 37.9 Å². The Kier molecular flexibility index (Phi) is 3.35. The van der Waals surface area contributed by atoms with Gasteiger partial charge in [-0.1, -0.05) is 12.1 Å². The van der Waals surface area contributed by atoms with Gasteiger partial charge in [-0.2, -0.15) is 5.26 Å². The number of nitrogens with zero attached hydrogens (tertiary/aromatic N) is 1. The van der Waals surface area contributed by atoms with E-state index in [1.807, 2.05) is 12.1 Å². The quantitative estimate of drug-likeness (QED) is 0.844. The summed E-state index contributed by atoms with van der Waals surface area (Å²) in [5.74, 6) is 1.11. The lowest BCUT2D eigenvalue weighted by Crippen LogP contribution is -2.71. The minimum Gasteiger partial charge on any atom is -0.497 e. The van der Waals surface area contributed by atoms with Gasteiger partial charge in [-0.05, 0) is 67.0 Å². The van der Waals surface area contributed by atoms with Crippen LogP contribution in [-0.2, 0) is 10.2 Å². The summed E-state index contributed by atoms with van der Waals surface area (Å²) in [5, 5.41) is 14.4. The lowest BCUT2D eigenvalue weighted by Gasteiger charge is -2.70. The summed E-state index contributed by atoms with van der Waals surface area (Å²) in [6.07, 6.45) is 4.79. The molecule has 4 nitrogen and oxygen atoms in total. The zero-order valence-corrected chi connectivity index (χ0v) is 14.0. The number of carbonyl (C=O) groups is 1. The van der Waals surface area contributed by atoms with Crippen molar-refractivity contribution in [3.8, 4) is 11.2 Å². The van der Waals surface area contributed by atoms with Gasteiger partial charge >= 0.3 is 0 Å². The molecular formula is C18H20N2O2S. The molecule has 1 amide bonds. The van der Waals surface area contributed by atoms with Crippen LogP contribution in [0.5, 0.6) is 5.75 Å². The first-order valence-electron chi connectivity index (χ1n) is 8.09. The number of benzene rings is 1. The second kappa shape index (κ2) is 5.17. The maximum atomic E-state index is 12.5. The number of hydrogen-bond donors (Lipinski definition) is 1. The Hall–Kier alpha value is -1.67. The van der Waals surface area contributed by atoms with Crippen LogP contribution in [0.4, 0.5) is 0 Å². The summed E-state index contributed by atoms with van der Waals surface area (Å²) >= 11 is 1.33. The molecular weight excluding hydrogens is 308 g/mol. The Labute approximate surface area is 140 Å². The average Bonchev–Trinajstić information content (AvgIpc) is 2.43. The molecule has 1 N–H and O–H groups in total. The first kappa shape index (κ1) is 14.9. The molecule has 1 aromatic carbocycles. The largest absolute Gasteiger partial charge is 0.497 e. The zero-order valence-electron chi connectivity index (χ0n) is 13.2. The van der Waals surface area contributed by atoms with Crippen molar-refractivity contribution in [2.75, 3.05) is 7.11 Å². The van der Waals surface area contributed by atoms with E-state index in [0.29, 0.717) is 5.25 Å². The molecule has 0 unspecified atom stereocenters. The minimum atomic E-state index is -0.118. The molecule has 4 aliphatic carbocycles. The van der Waals surface area contributed by atoms with E-state index >= 15 is 0 Å². The predicted octanol–water partition coefficient (Wildman–Crippen LogP) is 2.98. The van der Waals surface area contributed by atoms with Crippen LogP contribution in [0, 0.1) is 16.1 Å². The Morgan fingerprint density at radius 2 is 1.96 bits per heavy atom. The number of amides is 1. The normalized spacial score (nSPS) is 36.7. The van der Waals surface area contributed by atoms with E-state index in [4.69, 9.17) is 10.00 Å². The van der Waals surface area contributed by atoms with Gasteiger partial charge in [-0.25, -0.2) is 0 Å². The van der Waals surface area contributed by atoms with Gasteiger partial charge in [-0.3, -0.25) is 4.79 Å². The van der Waals surface area contributed by atoms with Crippen LogP contribution in [-0.4, -0.2) is 24.3 Å². The van der Waals surface area contributed by atoms with E-state index in [1.54, 1.807) is 7.11 Å². The van der Waals surface area contributed by atoms with E-state index < -0.39 is 0 Å². The van der Waals surface area contributed by atoms with Crippen LogP contribution in [0.2, 0.25) is 0 Å². The van der Waals surface area contributed by atoms with Gasteiger partial charge in [-0.15, -0.1) is 0 Å². The van der Waals surface area contributed by atoms with Gasteiger partial charge in [0.05, 0.1) is 12.5 Å². The van der Waals surface area contributed by atoms with Crippen molar-refractivity contribution < 1.29 is 9.53 Å².